The molecule has 0 saturated heterocycles. The number of nitrogens with zero attached hydrogens (tertiary/aromatic N) is 9. The lowest BCUT2D eigenvalue weighted by Crippen LogP contribution is -2.47. The van der Waals surface area contributed by atoms with E-state index < -0.39 is 49.4 Å². The average molecular weight is 1060 g/mol. The molecule has 0 unspecified atom stereocenters. The second-order valence-electron chi connectivity index (χ2n) is 18.4. The Bertz CT molecular complexity index is 3190. The zero-order valence-electron chi connectivity index (χ0n) is 42.9. The van der Waals surface area contributed by atoms with Crippen molar-refractivity contribution in [2.45, 2.75) is 13.1 Å². The molecule has 8 aromatic rings. The molecule has 21 heteroatoms. The second kappa shape index (κ2) is 26.8. The summed E-state index contributed by atoms with van der Waals surface area (Å²) in [7, 11) is 0. The second-order valence-corrected chi connectivity index (χ2v) is 18.4. The van der Waals surface area contributed by atoms with Crippen LogP contribution in [0, 0.1) is 0 Å². The molecule has 0 bridgehead atoms. The van der Waals surface area contributed by atoms with Crippen LogP contribution in [0.2, 0.25) is 0 Å². The third kappa shape index (κ3) is 16.6. The van der Waals surface area contributed by atoms with Gasteiger partial charge in [0.1, 0.15) is 0 Å². The number of hydrogen-bond donors (Lipinski definition) is 7. The third-order valence-corrected chi connectivity index (χ3v) is 12.3. The average Bonchev–Trinajstić information content (AvgIpc) is 3.54. The van der Waals surface area contributed by atoms with Crippen molar-refractivity contribution in [2.24, 2.45) is 0 Å². The SMILES string of the molecule is Nc1ccc(-c2cc(-c3ccccn3)nc(-c3cccc(CNC(=O)CN(CCN(CCN(CC(=O)O)CC(=O)NCc4cccc(-c5cc(-c6ccc(N)cc6)cc(-c6ccccn6)n5)n4)CC(=O)O)CC(=O)O)n3)c2)cc1. The fourth-order valence-electron chi connectivity index (χ4n) is 8.47. The highest BCUT2D eigenvalue weighted by Crippen LogP contribution is 2.31. The number of aliphatic carboxylic acids is 3. The highest BCUT2D eigenvalue weighted by atomic mass is 16.4. The van der Waals surface area contributed by atoms with Gasteiger partial charge >= 0.3 is 17.9 Å². The first-order valence-electron chi connectivity index (χ1n) is 25.1. The molecular weight excluding hydrogens is 1010 g/mol. The molecule has 0 saturated carbocycles. The van der Waals surface area contributed by atoms with Crippen molar-refractivity contribution in [3.8, 4) is 67.8 Å². The molecule has 0 spiro atoms. The maximum atomic E-state index is 13.4. The van der Waals surface area contributed by atoms with Gasteiger partial charge in [-0.1, -0.05) is 48.5 Å². The van der Waals surface area contributed by atoms with Crippen molar-refractivity contribution in [2.75, 3.05) is 70.4 Å². The molecule has 2 amide bonds. The van der Waals surface area contributed by atoms with Crippen LogP contribution in [0.15, 0.2) is 158 Å². The fourth-order valence-corrected chi connectivity index (χ4v) is 8.47. The number of hydrogen-bond acceptors (Lipinski definition) is 16. The smallest absolute Gasteiger partial charge is 0.317 e. The van der Waals surface area contributed by atoms with Crippen molar-refractivity contribution in [3.05, 3.63) is 169 Å². The number of carboxylic acids is 3. The van der Waals surface area contributed by atoms with Gasteiger partial charge in [-0.2, -0.15) is 0 Å². The Labute approximate surface area is 454 Å². The highest BCUT2D eigenvalue weighted by molar-refractivity contribution is 5.81. The maximum Gasteiger partial charge on any atom is 0.317 e. The molecule has 79 heavy (non-hydrogen) atoms. The van der Waals surface area contributed by atoms with E-state index in [4.69, 9.17) is 31.4 Å². The monoisotopic (exact) mass is 1060 g/mol. The molecule has 6 heterocycles. The summed E-state index contributed by atoms with van der Waals surface area (Å²) in [5.74, 6) is -4.61. The number of benzene rings is 2. The van der Waals surface area contributed by atoms with Gasteiger partial charge in [0.05, 0.1) is 103 Å². The van der Waals surface area contributed by atoms with Crippen LogP contribution in [0.4, 0.5) is 11.4 Å². The molecule has 402 valence electrons. The number of carboxylic acid groups (broad SMARTS) is 3. The number of carbonyl (C=O) groups excluding carboxylic acids is 2. The van der Waals surface area contributed by atoms with Crippen molar-refractivity contribution in [3.63, 3.8) is 0 Å². The van der Waals surface area contributed by atoms with Gasteiger partial charge in [-0.3, -0.25) is 48.6 Å². The molecule has 0 aliphatic heterocycles. The van der Waals surface area contributed by atoms with E-state index in [0.29, 0.717) is 68.3 Å². The van der Waals surface area contributed by atoms with Crippen LogP contribution in [0.25, 0.3) is 67.8 Å². The van der Waals surface area contributed by atoms with Crippen LogP contribution < -0.4 is 22.1 Å². The Kier molecular flexibility index (Phi) is 18.8. The van der Waals surface area contributed by atoms with Gasteiger partial charge in [0.2, 0.25) is 11.8 Å². The largest absolute Gasteiger partial charge is 0.480 e. The molecule has 0 atom stereocenters. The predicted molar refractivity (Wildman–Crippen MR) is 297 cm³/mol. The quantitative estimate of drug-likeness (QED) is 0.0338. The van der Waals surface area contributed by atoms with Gasteiger partial charge in [0.15, 0.2) is 0 Å². The van der Waals surface area contributed by atoms with Gasteiger partial charge in [0.25, 0.3) is 0 Å². The first-order chi connectivity index (χ1) is 38.2. The maximum absolute atomic E-state index is 13.4. The molecule has 9 N–H and O–H groups in total. The standard InChI is InChI=1S/C58H57N13O8/c59-42-17-13-38(14-18-42)40-27-50(46-9-1-3-21-61-46)67-52(29-40)48-11-5-7-44(65-48)31-63-54(72)33-70(36-57(76)77)25-23-69(35-56(74)75)24-26-71(37-58(78)79)34-55(73)64-32-45-8-6-12-49(66-45)53-30-41(39-15-19-43(60)20-16-39)28-51(68-53)47-10-2-4-22-62-47/h1-22,27-30H,23-26,31-37,59-60H2,(H,63,72)(H,64,73)(H,74,75)(H,76,77)(H,78,79). The fraction of sp³-hybridized carbons (Fsp3) is 0.190. The van der Waals surface area contributed by atoms with Gasteiger partial charge in [0, 0.05) is 49.9 Å². The summed E-state index contributed by atoms with van der Waals surface area (Å²) in [6.07, 6.45) is 3.37. The Morgan fingerprint density at radius 1 is 0.380 bits per heavy atom. The number of nitrogens with one attached hydrogen (secondary N) is 2. The number of aromatic nitrogens is 6. The lowest BCUT2D eigenvalue weighted by atomic mass is 10.0. The number of amides is 2. The summed E-state index contributed by atoms with van der Waals surface area (Å²) >= 11 is 0. The van der Waals surface area contributed by atoms with E-state index in [9.17, 15) is 39.3 Å². The number of carbonyl (C=O) groups is 5. The molecule has 6 aromatic heterocycles. The first-order valence-corrected chi connectivity index (χ1v) is 25.1. The first kappa shape index (κ1) is 55.4. The summed E-state index contributed by atoms with van der Waals surface area (Å²) in [6.45, 7) is -2.29. The normalized spacial score (nSPS) is 11.2. The molecule has 21 nitrogen and oxygen atoms in total. The van der Waals surface area contributed by atoms with Crippen LogP contribution in [0.3, 0.4) is 0 Å². The zero-order chi connectivity index (χ0) is 55.7. The van der Waals surface area contributed by atoms with E-state index in [2.05, 4.69) is 20.6 Å². The Morgan fingerprint density at radius 3 is 1.10 bits per heavy atom. The van der Waals surface area contributed by atoms with Crippen LogP contribution in [-0.4, -0.2) is 149 Å². The van der Waals surface area contributed by atoms with Crippen LogP contribution in [0.1, 0.15) is 11.4 Å². The molecule has 0 fully saturated rings. The van der Waals surface area contributed by atoms with Crippen LogP contribution in [-0.2, 0) is 37.1 Å². The minimum atomic E-state index is -1.21. The summed E-state index contributed by atoms with van der Waals surface area (Å²) in [6, 6.07) is 44.4. The van der Waals surface area contributed by atoms with Gasteiger partial charge in [-0.15, -0.1) is 0 Å². The highest BCUT2D eigenvalue weighted by Gasteiger charge is 2.21. The van der Waals surface area contributed by atoms with Crippen LogP contribution >= 0.6 is 0 Å². The number of nitrogens with two attached hydrogens (primary N) is 2. The van der Waals surface area contributed by atoms with Gasteiger partial charge in [-0.25, -0.2) is 19.9 Å². The Balaban J connectivity index is 0.868. The summed E-state index contributed by atoms with van der Waals surface area (Å²) < 4.78 is 0. The summed E-state index contributed by atoms with van der Waals surface area (Å²) in [5, 5.41) is 34.9. The van der Waals surface area contributed by atoms with Gasteiger partial charge < -0.3 is 37.4 Å². The molecule has 8 rings (SSSR count). The summed E-state index contributed by atoms with van der Waals surface area (Å²) in [4.78, 5) is 95.2. The minimum Gasteiger partial charge on any atom is -0.480 e. The lowest BCUT2D eigenvalue weighted by molar-refractivity contribution is -0.141. The number of nitrogen functional groups attached to an aromatic ring is 2. The minimum absolute atomic E-state index is 0.00437. The van der Waals surface area contributed by atoms with Gasteiger partial charge in [-0.05, 0) is 119 Å². The van der Waals surface area contributed by atoms with E-state index in [1.54, 1.807) is 48.8 Å². The topological polar surface area (TPSA) is 309 Å². The van der Waals surface area contributed by atoms with Crippen molar-refractivity contribution in [1.29, 1.82) is 0 Å². The van der Waals surface area contributed by atoms with E-state index >= 15 is 0 Å². The molecule has 2 aromatic carbocycles. The lowest BCUT2D eigenvalue weighted by Gasteiger charge is -2.28. The summed E-state index contributed by atoms with van der Waals surface area (Å²) in [5.41, 5.74) is 22.5. The van der Waals surface area contributed by atoms with Crippen molar-refractivity contribution >= 4 is 41.1 Å². The third-order valence-electron chi connectivity index (χ3n) is 12.3. The predicted octanol–water partition coefficient (Wildman–Crippen LogP) is 5.32. The molecule has 0 aliphatic rings. The van der Waals surface area contributed by atoms with Crippen molar-refractivity contribution in [1.82, 2.24) is 55.2 Å². The Hall–Kier alpha value is -9.83. The van der Waals surface area contributed by atoms with E-state index in [1.165, 1.54) is 14.7 Å². The van der Waals surface area contributed by atoms with E-state index in [-0.39, 0.29) is 52.4 Å². The van der Waals surface area contributed by atoms with E-state index in [1.807, 2.05) is 109 Å². The molecule has 0 aliphatic carbocycles. The Morgan fingerprint density at radius 2 is 0.734 bits per heavy atom. The number of rotatable bonds is 26. The zero-order valence-corrected chi connectivity index (χ0v) is 42.9. The molecule has 0 radical (unpaired) electrons. The van der Waals surface area contributed by atoms with Crippen molar-refractivity contribution < 1.29 is 39.3 Å². The number of anilines is 2. The van der Waals surface area contributed by atoms with E-state index in [0.717, 1.165) is 22.3 Å². The van der Waals surface area contributed by atoms with Crippen LogP contribution in [0.5, 0.6) is 0 Å². The molecular formula is C58H57N13O8. The number of pyridine rings is 6.